The second-order valence-electron chi connectivity index (χ2n) is 5.77. The highest BCUT2D eigenvalue weighted by Crippen LogP contribution is 2.29. The summed E-state index contributed by atoms with van der Waals surface area (Å²) in [6.45, 7) is 3.87. The summed E-state index contributed by atoms with van der Waals surface area (Å²) in [5.74, 6) is 0.551. The van der Waals surface area contributed by atoms with E-state index in [1.807, 2.05) is 49.5 Å². The van der Waals surface area contributed by atoms with Crippen LogP contribution in [0.4, 0.5) is 11.4 Å². The summed E-state index contributed by atoms with van der Waals surface area (Å²) >= 11 is 0. The molecule has 0 fully saturated rings. The van der Waals surface area contributed by atoms with E-state index in [-0.39, 0.29) is 30.4 Å². The molecule has 0 spiro atoms. The van der Waals surface area contributed by atoms with Crippen molar-refractivity contribution in [1.82, 2.24) is 0 Å². The van der Waals surface area contributed by atoms with Gasteiger partial charge in [-0.1, -0.05) is 12.1 Å². The Kier molecular flexibility index (Phi) is 4.16. The lowest BCUT2D eigenvalue weighted by Gasteiger charge is -2.30. The van der Waals surface area contributed by atoms with Crippen LogP contribution in [-0.4, -0.2) is 24.4 Å². The molecule has 6 heteroatoms. The van der Waals surface area contributed by atoms with Crippen LogP contribution in [-0.2, 0) is 9.59 Å². The van der Waals surface area contributed by atoms with Gasteiger partial charge >= 0.3 is 0 Å². The van der Waals surface area contributed by atoms with Crippen LogP contribution in [0.1, 0.15) is 25.6 Å². The molecule has 1 aliphatic heterocycles. The summed E-state index contributed by atoms with van der Waals surface area (Å²) in [7, 11) is 0. The van der Waals surface area contributed by atoms with E-state index in [9.17, 15) is 9.59 Å². The molecule has 6 nitrogen and oxygen atoms in total. The topological polar surface area (TPSA) is 79.2 Å². The number of nitrogens with zero attached hydrogens (tertiary/aromatic N) is 1. The van der Waals surface area contributed by atoms with Crippen LogP contribution < -0.4 is 15.5 Å². The second-order valence-corrected chi connectivity index (χ2v) is 5.77. The van der Waals surface area contributed by atoms with Crippen LogP contribution in [0.25, 0.3) is 0 Å². The molecule has 0 unspecified atom stereocenters. The lowest BCUT2D eigenvalue weighted by molar-refractivity contribution is -0.711. The van der Waals surface area contributed by atoms with Gasteiger partial charge in [0.2, 0.25) is 5.91 Å². The number of benzene rings is 1. The van der Waals surface area contributed by atoms with Crippen LogP contribution in [0, 0.1) is 0 Å². The Hall–Kier alpha value is -2.60. The summed E-state index contributed by atoms with van der Waals surface area (Å²) < 4.78 is 5.37. The number of anilines is 2. The first-order valence-corrected chi connectivity index (χ1v) is 7.65. The van der Waals surface area contributed by atoms with Crippen molar-refractivity contribution in [2.45, 2.75) is 25.9 Å². The summed E-state index contributed by atoms with van der Waals surface area (Å²) in [6.07, 6.45) is 1.62. The maximum atomic E-state index is 12.8. The molecule has 0 saturated heterocycles. The minimum absolute atomic E-state index is 0.0258. The molecule has 0 aliphatic carbocycles. The maximum Gasteiger partial charge on any atom is 0.285 e. The van der Waals surface area contributed by atoms with Crippen molar-refractivity contribution in [1.29, 1.82) is 0 Å². The number of nitrogens with one attached hydrogen (secondary N) is 1. The van der Waals surface area contributed by atoms with Crippen molar-refractivity contribution in [3.05, 3.63) is 48.4 Å². The first-order valence-electron chi connectivity index (χ1n) is 7.65. The zero-order valence-electron chi connectivity index (χ0n) is 13.2. The number of nitrogens with two attached hydrogens (primary N) is 1. The number of para-hydroxylation sites is 2. The van der Waals surface area contributed by atoms with Gasteiger partial charge in [0.05, 0.1) is 17.6 Å². The Morgan fingerprint density at radius 3 is 2.78 bits per heavy atom. The van der Waals surface area contributed by atoms with Gasteiger partial charge in [0, 0.05) is 0 Å². The fraction of sp³-hybridized carbons (Fsp3) is 0.294. The molecule has 0 radical (unpaired) electrons. The van der Waals surface area contributed by atoms with Gasteiger partial charge in [0.15, 0.2) is 11.8 Å². The Bertz CT molecular complexity index is 712. The molecule has 2 amide bonds. The molecule has 1 aromatic carbocycles. The Balaban J connectivity index is 1.76. The first kappa shape index (κ1) is 15.3. The Morgan fingerprint density at radius 1 is 1.26 bits per heavy atom. The minimum atomic E-state index is -0.325. The number of carbonyl (C=O) groups is 2. The lowest BCUT2D eigenvalue weighted by Crippen LogP contribution is -2.92. The predicted molar refractivity (Wildman–Crippen MR) is 85.9 cm³/mol. The number of furan rings is 1. The maximum absolute atomic E-state index is 12.8. The minimum Gasteiger partial charge on any atom is -0.463 e. The van der Waals surface area contributed by atoms with Crippen LogP contribution >= 0.6 is 0 Å². The van der Waals surface area contributed by atoms with E-state index in [0.29, 0.717) is 5.69 Å². The Labute approximate surface area is 134 Å². The van der Waals surface area contributed by atoms with Gasteiger partial charge in [-0.2, -0.15) is 0 Å². The van der Waals surface area contributed by atoms with E-state index in [2.05, 4.69) is 5.32 Å². The van der Waals surface area contributed by atoms with E-state index in [0.717, 1.165) is 11.4 Å². The SMILES string of the molecule is C[C@@H]([NH2+][C@H](C)c1ccco1)C(=O)N1CC(=O)Nc2ccccc21. The molecule has 3 rings (SSSR count). The molecular formula is C17H20N3O3+. The van der Waals surface area contributed by atoms with Crippen LogP contribution in [0.3, 0.4) is 0 Å². The van der Waals surface area contributed by atoms with Gasteiger partial charge in [0.25, 0.3) is 5.91 Å². The standard InChI is InChI=1S/C17H19N3O3/c1-11(15-8-5-9-23-15)18-12(2)17(22)20-10-16(21)19-13-6-3-4-7-14(13)20/h3-9,11-12,18H,10H2,1-2H3,(H,19,21)/p+1/t11-,12-/m1/s1. The third-order valence-electron chi connectivity index (χ3n) is 4.00. The van der Waals surface area contributed by atoms with Gasteiger partial charge in [-0.25, -0.2) is 0 Å². The number of carbonyl (C=O) groups excluding carboxylic acids is 2. The van der Waals surface area contributed by atoms with Crippen molar-refractivity contribution in [2.75, 3.05) is 16.8 Å². The molecule has 3 N–H and O–H groups in total. The van der Waals surface area contributed by atoms with Crippen molar-refractivity contribution in [2.24, 2.45) is 0 Å². The summed E-state index contributed by atoms with van der Waals surface area (Å²) in [6, 6.07) is 10.8. The summed E-state index contributed by atoms with van der Waals surface area (Å²) in [5.41, 5.74) is 1.41. The van der Waals surface area contributed by atoms with Gasteiger partial charge in [-0.15, -0.1) is 0 Å². The quantitative estimate of drug-likeness (QED) is 0.892. The fourth-order valence-electron chi connectivity index (χ4n) is 2.84. The largest absolute Gasteiger partial charge is 0.463 e. The molecular weight excluding hydrogens is 294 g/mol. The molecule has 2 aromatic rings. The second kappa shape index (κ2) is 6.26. The lowest BCUT2D eigenvalue weighted by atomic mass is 10.1. The average Bonchev–Trinajstić information content (AvgIpc) is 3.07. The summed E-state index contributed by atoms with van der Waals surface area (Å²) in [4.78, 5) is 26.2. The molecule has 0 bridgehead atoms. The highest BCUT2D eigenvalue weighted by Gasteiger charge is 2.32. The fourth-order valence-corrected chi connectivity index (χ4v) is 2.84. The number of hydrogen-bond acceptors (Lipinski definition) is 3. The van der Waals surface area contributed by atoms with E-state index < -0.39 is 0 Å². The zero-order chi connectivity index (χ0) is 16.4. The van der Waals surface area contributed by atoms with Gasteiger partial charge in [0.1, 0.15) is 12.6 Å². The van der Waals surface area contributed by atoms with E-state index in [1.165, 1.54) is 0 Å². The van der Waals surface area contributed by atoms with Crippen LogP contribution in [0.2, 0.25) is 0 Å². The van der Waals surface area contributed by atoms with Gasteiger partial charge < -0.3 is 15.1 Å². The molecule has 1 aromatic heterocycles. The number of quaternary nitrogens is 1. The van der Waals surface area contributed by atoms with Crippen molar-refractivity contribution in [3.63, 3.8) is 0 Å². The average molecular weight is 314 g/mol. The highest BCUT2D eigenvalue weighted by molar-refractivity contribution is 6.10. The molecule has 2 atom stereocenters. The zero-order valence-corrected chi connectivity index (χ0v) is 13.2. The van der Waals surface area contributed by atoms with E-state index in [4.69, 9.17) is 4.42 Å². The smallest absolute Gasteiger partial charge is 0.285 e. The first-order chi connectivity index (χ1) is 11.1. The molecule has 1 aliphatic rings. The number of hydrogen-bond donors (Lipinski definition) is 2. The third kappa shape index (κ3) is 3.12. The van der Waals surface area contributed by atoms with E-state index >= 15 is 0 Å². The monoisotopic (exact) mass is 314 g/mol. The van der Waals surface area contributed by atoms with Gasteiger partial charge in [-0.3, -0.25) is 14.5 Å². The number of fused-ring (bicyclic) bond motifs is 1. The van der Waals surface area contributed by atoms with Gasteiger partial charge in [-0.05, 0) is 38.1 Å². The van der Waals surface area contributed by atoms with Crippen molar-refractivity contribution in [3.8, 4) is 0 Å². The number of rotatable bonds is 4. The van der Waals surface area contributed by atoms with E-state index in [1.54, 1.807) is 17.2 Å². The molecule has 0 saturated carbocycles. The predicted octanol–water partition coefficient (Wildman–Crippen LogP) is 1.28. The number of amides is 2. The highest BCUT2D eigenvalue weighted by atomic mass is 16.3. The third-order valence-corrected chi connectivity index (χ3v) is 4.00. The molecule has 23 heavy (non-hydrogen) atoms. The summed E-state index contributed by atoms with van der Waals surface area (Å²) in [5, 5.41) is 4.73. The van der Waals surface area contributed by atoms with Crippen LogP contribution in [0.15, 0.2) is 47.1 Å². The normalized spacial score (nSPS) is 16.4. The molecule has 120 valence electrons. The van der Waals surface area contributed by atoms with Crippen molar-refractivity contribution >= 4 is 23.2 Å². The van der Waals surface area contributed by atoms with Crippen LogP contribution in [0.5, 0.6) is 0 Å². The Morgan fingerprint density at radius 2 is 2.04 bits per heavy atom. The molecule has 2 heterocycles. The van der Waals surface area contributed by atoms with Crippen molar-refractivity contribution < 1.29 is 19.3 Å².